The molecule has 6 nitrogen and oxygen atoms in total. The molecule has 0 aromatic heterocycles. The number of allylic oxidation sites excluding steroid dienone is 3. The Morgan fingerprint density at radius 2 is 1.87 bits per heavy atom. The molecule has 7 heteroatoms. The molecule has 1 unspecified atom stereocenters. The Labute approximate surface area is 151 Å². The van der Waals surface area contributed by atoms with Crippen LogP contribution in [0, 0.1) is 0 Å². The number of carbonyl (C=O) groups is 1. The molecule has 23 heavy (non-hydrogen) atoms. The zero-order valence-corrected chi connectivity index (χ0v) is 17.5. The van der Waals surface area contributed by atoms with Gasteiger partial charge in [0.2, 0.25) is 11.5 Å². The number of ketones is 1. The van der Waals surface area contributed by atoms with Gasteiger partial charge in [-0.1, -0.05) is 0 Å². The summed E-state index contributed by atoms with van der Waals surface area (Å²) in [5, 5.41) is 40.0. The van der Waals surface area contributed by atoms with E-state index in [0.717, 1.165) is 0 Å². The fourth-order valence-electron chi connectivity index (χ4n) is 3.26. The molecule has 3 aliphatic rings. The van der Waals surface area contributed by atoms with Gasteiger partial charge in [0.25, 0.3) is 0 Å². The molecule has 1 atom stereocenters. The quantitative estimate of drug-likeness (QED) is 0.298. The predicted molar refractivity (Wildman–Crippen MR) is 84.1 cm³/mol. The molecule has 0 saturated heterocycles. The fourth-order valence-corrected chi connectivity index (χ4v) is 3.26. The maximum atomic E-state index is 11.6. The zero-order valence-electron chi connectivity index (χ0n) is 12.0. The molecule has 2 aliphatic carbocycles. The molecule has 0 fully saturated rings. The van der Waals surface area contributed by atoms with Gasteiger partial charge in [0, 0.05) is 17.6 Å². The Hall–Kier alpha value is -1.81. The molecule has 1 aromatic rings. The summed E-state index contributed by atoms with van der Waals surface area (Å²) in [7, 11) is 0. The number of carbonyl (C=O) groups excluding carboxylic acids is 1. The molecule has 0 amide bonds. The van der Waals surface area contributed by atoms with E-state index in [1.54, 1.807) is 0 Å². The summed E-state index contributed by atoms with van der Waals surface area (Å²) < 4.78 is 5.42. The fraction of sp³-hybridized carbons (Fsp3) is 0.188. The summed E-state index contributed by atoms with van der Waals surface area (Å²) in [5.74, 6) is -1.54. The van der Waals surface area contributed by atoms with Gasteiger partial charge < -0.3 is 25.2 Å². The Bertz CT molecular complexity index is 835. The minimum absolute atomic E-state index is 0. The Morgan fingerprint density at radius 1 is 1.13 bits per heavy atom. The van der Waals surface area contributed by atoms with Crippen LogP contribution in [0.2, 0.25) is 0 Å². The van der Waals surface area contributed by atoms with Crippen molar-refractivity contribution in [1.82, 2.24) is 0 Å². The maximum absolute atomic E-state index is 11.6. The minimum atomic E-state index is -1.33. The summed E-state index contributed by atoms with van der Waals surface area (Å²) in [4.78, 5) is 11.6. The van der Waals surface area contributed by atoms with Crippen LogP contribution in [0.5, 0.6) is 17.2 Å². The molecule has 1 aliphatic heterocycles. The van der Waals surface area contributed by atoms with E-state index in [-0.39, 0.29) is 51.8 Å². The van der Waals surface area contributed by atoms with E-state index in [9.17, 15) is 25.2 Å². The molecule has 0 saturated carbocycles. The predicted octanol–water partition coefficient (Wildman–Crippen LogP) is 0.413. The van der Waals surface area contributed by atoms with Crippen molar-refractivity contribution in [3.63, 3.8) is 0 Å². The van der Waals surface area contributed by atoms with Crippen LogP contribution in [0.15, 0.2) is 41.2 Å². The van der Waals surface area contributed by atoms with E-state index in [2.05, 4.69) is 0 Å². The van der Waals surface area contributed by atoms with Gasteiger partial charge in [0.1, 0.15) is 12.2 Å². The van der Waals surface area contributed by atoms with Crippen LogP contribution in [0.3, 0.4) is 0 Å². The van der Waals surface area contributed by atoms with E-state index in [1.807, 2.05) is 0 Å². The molecular formula is C16H14O6Pb. The van der Waals surface area contributed by atoms with Crippen LogP contribution in [0.1, 0.15) is 12.0 Å². The van der Waals surface area contributed by atoms with Crippen molar-refractivity contribution in [2.45, 2.75) is 12.0 Å². The van der Waals surface area contributed by atoms with Crippen molar-refractivity contribution >= 4 is 38.7 Å². The molecular weight excluding hydrogens is 495 g/mol. The third-order valence-corrected chi connectivity index (χ3v) is 4.24. The van der Waals surface area contributed by atoms with Gasteiger partial charge in [0.15, 0.2) is 17.3 Å². The number of hydrogen-bond acceptors (Lipinski definition) is 6. The van der Waals surface area contributed by atoms with E-state index >= 15 is 0 Å². The number of hydrogen-bond donors (Lipinski definition) is 4. The monoisotopic (exact) mass is 510 g/mol. The third kappa shape index (κ3) is 2.12. The number of fused-ring (bicyclic) bond motifs is 4. The first kappa shape index (κ1) is 16.1. The van der Waals surface area contributed by atoms with Crippen LogP contribution in [0.4, 0.5) is 0 Å². The number of aromatic hydroxyl groups is 2. The number of phenols is 2. The van der Waals surface area contributed by atoms with Gasteiger partial charge in [-0.05, 0) is 35.4 Å². The average Bonchev–Trinajstić information content (AvgIpc) is 2.75. The van der Waals surface area contributed by atoms with Crippen molar-refractivity contribution < 1.29 is 30.0 Å². The van der Waals surface area contributed by atoms with E-state index in [4.69, 9.17) is 4.74 Å². The van der Waals surface area contributed by atoms with E-state index < -0.39 is 22.9 Å². The van der Waals surface area contributed by atoms with Crippen LogP contribution in [0.25, 0.3) is 5.57 Å². The van der Waals surface area contributed by atoms with Crippen molar-refractivity contribution in [3.8, 4) is 17.2 Å². The molecule has 1 aromatic carbocycles. The van der Waals surface area contributed by atoms with Gasteiger partial charge in [-0.15, -0.1) is 0 Å². The first-order chi connectivity index (χ1) is 10.4. The number of benzene rings is 1. The summed E-state index contributed by atoms with van der Waals surface area (Å²) in [6.07, 6.45) is 2.81. The first-order valence-electron chi connectivity index (χ1n) is 6.72. The van der Waals surface area contributed by atoms with Gasteiger partial charge >= 0.3 is 27.3 Å². The van der Waals surface area contributed by atoms with Crippen LogP contribution in [-0.2, 0) is 4.79 Å². The van der Waals surface area contributed by atoms with E-state index in [1.165, 1.54) is 24.3 Å². The van der Waals surface area contributed by atoms with Crippen molar-refractivity contribution in [3.05, 3.63) is 46.8 Å². The third-order valence-electron chi connectivity index (χ3n) is 4.24. The second kappa shape index (κ2) is 5.10. The SMILES string of the molecule is O=C1C=C2CC3(O)COc4c(ccc(O)c4O)C3=C2C=C1O.[PbH2]. The summed E-state index contributed by atoms with van der Waals surface area (Å²) in [5.41, 5.74) is 0.743. The van der Waals surface area contributed by atoms with Gasteiger partial charge in [-0.25, -0.2) is 0 Å². The van der Waals surface area contributed by atoms with Gasteiger partial charge in [-0.3, -0.25) is 4.79 Å². The van der Waals surface area contributed by atoms with Crippen LogP contribution in [-0.4, -0.2) is 65.7 Å². The number of phenolic OH excluding ortho intramolecular Hbond substituents is 2. The normalized spacial score (nSPS) is 24.7. The number of aliphatic hydroxyl groups excluding tert-OH is 1. The summed E-state index contributed by atoms with van der Waals surface area (Å²) >= 11 is 0. The summed E-state index contributed by atoms with van der Waals surface area (Å²) in [6, 6.07) is 2.83. The van der Waals surface area contributed by atoms with Crippen molar-refractivity contribution in [2.24, 2.45) is 0 Å². The van der Waals surface area contributed by atoms with E-state index in [0.29, 0.717) is 22.3 Å². The number of ether oxygens (including phenoxy) is 1. The second-order valence-electron chi connectivity index (χ2n) is 5.66. The molecule has 4 rings (SSSR count). The molecule has 2 radical (unpaired) electrons. The van der Waals surface area contributed by atoms with Gasteiger partial charge in [0.05, 0.1) is 0 Å². The Kier molecular flexibility index (Phi) is 3.56. The summed E-state index contributed by atoms with van der Waals surface area (Å²) in [6.45, 7) is -0.115. The van der Waals surface area contributed by atoms with Crippen molar-refractivity contribution in [1.29, 1.82) is 0 Å². The molecule has 4 N–H and O–H groups in total. The first-order valence-corrected chi connectivity index (χ1v) is 6.72. The Balaban J connectivity index is 0.00000156. The standard InChI is InChI=1S/C16H12O6.Pb.2H/c17-10-2-1-8-13-9-4-12(19)11(18)3-7(9)5-16(13,21)6-22-15(8)14(10)20;;;/h1-4,17,19-21H,5-6H2;;;. The molecule has 118 valence electrons. The molecule has 0 spiro atoms. The van der Waals surface area contributed by atoms with Crippen LogP contribution < -0.4 is 4.74 Å². The second-order valence-corrected chi connectivity index (χ2v) is 5.66. The number of aliphatic hydroxyl groups is 2. The Morgan fingerprint density at radius 3 is 2.61 bits per heavy atom. The van der Waals surface area contributed by atoms with Crippen LogP contribution >= 0.6 is 0 Å². The van der Waals surface area contributed by atoms with Crippen molar-refractivity contribution in [2.75, 3.05) is 6.61 Å². The molecule has 0 bridgehead atoms. The average molecular weight is 509 g/mol. The number of rotatable bonds is 0. The zero-order chi connectivity index (χ0) is 15.6. The van der Waals surface area contributed by atoms with Gasteiger partial charge in [-0.2, -0.15) is 0 Å². The molecule has 1 heterocycles. The topological polar surface area (TPSA) is 107 Å².